The highest BCUT2D eigenvalue weighted by Gasteiger charge is 2.28. The van der Waals surface area contributed by atoms with E-state index >= 15 is 0 Å². The Morgan fingerprint density at radius 1 is 1.11 bits per heavy atom. The molecular weight excluding hydrogens is 478 g/mol. The largest absolute Gasteiger partial charge is 0.491 e. The van der Waals surface area contributed by atoms with Crippen LogP contribution in [-0.2, 0) is 18.3 Å². The number of rotatable bonds is 8. The van der Waals surface area contributed by atoms with Crippen LogP contribution in [0.3, 0.4) is 0 Å². The SMILES string of the molecule is Cc1c(CNC2CCC(C)(O)CC2)n(C)c2c(C)c(NC(=O)c3ccc(OC[C@@H]4CCCO4)cc3)ccc12. The van der Waals surface area contributed by atoms with Crippen LogP contribution in [-0.4, -0.2) is 46.5 Å². The number of carbonyl (C=O) groups excluding carboxylic acids is 1. The number of amides is 1. The van der Waals surface area contributed by atoms with E-state index in [-0.39, 0.29) is 12.0 Å². The summed E-state index contributed by atoms with van der Waals surface area (Å²) in [5, 5.41) is 18.3. The molecule has 0 radical (unpaired) electrons. The van der Waals surface area contributed by atoms with Crippen molar-refractivity contribution in [3.05, 3.63) is 58.8 Å². The van der Waals surface area contributed by atoms with Crippen molar-refractivity contribution in [1.29, 1.82) is 0 Å². The summed E-state index contributed by atoms with van der Waals surface area (Å²) in [7, 11) is 2.10. The molecule has 1 amide bonds. The fourth-order valence-corrected chi connectivity index (χ4v) is 5.91. The number of aliphatic hydroxyl groups is 1. The fourth-order valence-electron chi connectivity index (χ4n) is 5.91. The van der Waals surface area contributed by atoms with E-state index in [1.807, 2.05) is 25.1 Å². The molecule has 1 saturated heterocycles. The average Bonchev–Trinajstić information content (AvgIpc) is 3.51. The van der Waals surface area contributed by atoms with Crippen molar-refractivity contribution in [2.75, 3.05) is 18.5 Å². The number of aryl methyl sites for hydroxylation is 3. The van der Waals surface area contributed by atoms with Gasteiger partial charge in [-0.2, -0.15) is 0 Å². The average molecular weight is 520 g/mol. The first-order chi connectivity index (χ1) is 18.2. The Labute approximate surface area is 225 Å². The topological polar surface area (TPSA) is 84.8 Å². The van der Waals surface area contributed by atoms with E-state index in [1.54, 1.807) is 12.1 Å². The maximum atomic E-state index is 13.1. The van der Waals surface area contributed by atoms with E-state index < -0.39 is 5.60 Å². The van der Waals surface area contributed by atoms with Gasteiger partial charge >= 0.3 is 0 Å². The highest BCUT2D eigenvalue weighted by atomic mass is 16.5. The highest BCUT2D eigenvalue weighted by Crippen LogP contribution is 2.33. The first kappa shape index (κ1) is 26.7. The second-order valence-electron chi connectivity index (χ2n) is 11.3. The van der Waals surface area contributed by atoms with Crippen LogP contribution < -0.4 is 15.4 Å². The first-order valence-corrected chi connectivity index (χ1v) is 13.9. The van der Waals surface area contributed by atoms with Crippen molar-refractivity contribution < 1.29 is 19.4 Å². The summed E-state index contributed by atoms with van der Waals surface area (Å²) in [6.45, 7) is 8.32. The van der Waals surface area contributed by atoms with Crippen LogP contribution in [0.2, 0.25) is 0 Å². The molecule has 5 rings (SSSR count). The zero-order valence-electron chi connectivity index (χ0n) is 23.1. The summed E-state index contributed by atoms with van der Waals surface area (Å²) in [5.74, 6) is 0.604. The molecule has 2 fully saturated rings. The van der Waals surface area contributed by atoms with Crippen LogP contribution in [0.5, 0.6) is 5.75 Å². The van der Waals surface area contributed by atoms with Crippen molar-refractivity contribution in [3.63, 3.8) is 0 Å². The second-order valence-corrected chi connectivity index (χ2v) is 11.3. The molecule has 38 heavy (non-hydrogen) atoms. The maximum absolute atomic E-state index is 13.1. The fraction of sp³-hybridized carbons (Fsp3) is 0.516. The molecule has 2 aromatic carbocycles. The van der Waals surface area contributed by atoms with Gasteiger partial charge in [-0.3, -0.25) is 4.79 Å². The predicted octanol–water partition coefficient (Wildman–Crippen LogP) is 5.39. The predicted molar refractivity (Wildman–Crippen MR) is 151 cm³/mol. The molecule has 1 aliphatic carbocycles. The molecule has 2 aliphatic rings. The smallest absolute Gasteiger partial charge is 0.255 e. The lowest BCUT2D eigenvalue weighted by Crippen LogP contribution is -2.39. The van der Waals surface area contributed by atoms with E-state index in [0.717, 1.165) is 74.2 Å². The number of hydrogen-bond acceptors (Lipinski definition) is 5. The Morgan fingerprint density at radius 2 is 1.84 bits per heavy atom. The Kier molecular flexibility index (Phi) is 7.80. The lowest BCUT2D eigenvalue weighted by atomic mass is 9.83. The van der Waals surface area contributed by atoms with E-state index in [4.69, 9.17) is 9.47 Å². The van der Waals surface area contributed by atoms with Gasteiger partial charge < -0.3 is 29.8 Å². The summed E-state index contributed by atoms with van der Waals surface area (Å²) in [6, 6.07) is 11.8. The Morgan fingerprint density at radius 3 is 2.53 bits per heavy atom. The van der Waals surface area contributed by atoms with Crippen molar-refractivity contribution >= 4 is 22.5 Å². The quantitative estimate of drug-likeness (QED) is 0.372. The van der Waals surface area contributed by atoms with Gasteiger partial charge in [-0.1, -0.05) is 6.07 Å². The van der Waals surface area contributed by atoms with Crippen molar-refractivity contribution in [1.82, 2.24) is 9.88 Å². The minimum absolute atomic E-state index is 0.140. The number of aromatic nitrogens is 1. The maximum Gasteiger partial charge on any atom is 0.255 e. The third-order valence-corrected chi connectivity index (χ3v) is 8.45. The van der Waals surface area contributed by atoms with Crippen molar-refractivity contribution in [2.45, 2.75) is 83.6 Å². The van der Waals surface area contributed by atoms with E-state index in [1.165, 1.54) is 16.6 Å². The Hall–Kier alpha value is -2.87. The van der Waals surface area contributed by atoms with Crippen LogP contribution in [0.15, 0.2) is 36.4 Å². The lowest BCUT2D eigenvalue weighted by Gasteiger charge is -2.33. The number of carbonyl (C=O) groups is 1. The Bertz CT molecular complexity index is 1280. The summed E-state index contributed by atoms with van der Waals surface area (Å²) in [5.41, 5.74) is 5.59. The third-order valence-electron chi connectivity index (χ3n) is 8.45. The molecule has 0 spiro atoms. The van der Waals surface area contributed by atoms with E-state index in [9.17, 15) is 9.90 Å². The van der Waals surface area contributed by atoms with Crippen molar-refractivity contribution in [2.24, 2.45) is 7.05 Å². The van der Waals surface area contributed by atoms with Gasteiger partial charge in [0.15, 0.2) is 0 Å². The Balaban J connectivity index is 1.25. The second kappa shape index (κ2) is 11.1. The van der Waals surface area contributed by atoms with Gasteiger partial charge in [0.2, 0.25) is 0 Å². The minimum atomic E-state index is -0.522. The van der Waals surface area contributed by atoms with Gasteiger partial charge in [-0.05, 0) is 101 Å². The molecule has 3 aromatic rings. The number of ether oxygens (including phenoxy) is 2. The minimum Gasteiger partial charge on any atom is -0.491 e. The van der Waals surface area contributed by atoms with Crippen LogP contribution in [0.4, 0.5) is 5.69 Å². The van der Waals surface area contributed by atoms with Crippen molar-refractivity contribution in [3.8, 4) is 5.75 Å². The molecule has 0 bridgehead atoms. The van der Waals surface area contributed by atoms with Gasteiger partial charge in [0.05, 0.1) is 17.2 Å². The summed E-state index contributed by atoms with van der Waals surface area (Å²) < 4.78 is 13.7. The molecule has 3 N–H and O–H groups in total. The molecule has 1 aromatic heterocycles. The van der Waals surface area contributed by atoms with Crippen LogP contribution in [0, 0.1) is 13.8 Å². The number of hydrogen-bond donors (Lipinski definition) is 3. The molecular formula is C31H41N3O4. The number of fused-ring (bicyclic) bond motifs is 1. The number of anilines is 1. The molecule has 204 valence electrons. The molecule has 1 saturated carbocycles. The zero-order chi connectivity index (χ0) is 26.9. The number of benzene rings is 2. The molecule has 1 aliphatic heterocycles. The molecule has 0 unspecified atom stereocenters. The van der Waals surface area contributed by atoms with Crippen LogP contribution in [0.25, 0.3) is 10.9 Å². The molecule has 2 heterocycles. The molecule has 7 nitrogen and oxygen atoms in total. The van der Waals surface area contributed by atoms with E-state index in [0.29, 0.717) is 18.2 Å². The number of nitrogens with zero attached hydrogens (tertiary/aromatic N) is 1. The van der Waals surface area contributed by atoms with Crippen LogP contribution in [0.1, 0.15) is 72.6 Å². The normalized spacial score (nSPS) is 23.6. The van der Waals surface area contributed by atoms with Gasteiger partial charge in [-0.25, -0.2) is 0 Å². The monoisotopic (exact) mass is 519 g/mol. The first-order valence-electron chi connectivity index (χ1n) is 13.9. The molecule has 7 heteroatoms. The highest BCUT2D eigenvalue weighted by molar-refractivity contribution is 6.06. The summed E-state index contributed by atoms with van der Waals surface area (Å²) in [4.78, 5) is 13.1. The van der Waals surface area contributed by atoms with Gasteiger partial charge in [0.1, 0.15) is 12.4 Å². The number of nitrogens with one attached hydrogen (secondary N) is 2. The molecule has 1 atom stereocenters. The zero-order valence-corrected chi connectivity index (χ0v) is 23.1. The van der Waals surface area contributed by atoms with Gasteiger partial charge in [-0.15, -0.1) is 0 Å². The third kappa shape index (κ3) is 5.75. The van der Waals surface area contributed by atoms with Crippen LogP contribution >= 0.6 is 0 Å². The summed E-state index contributed by atoms with van der Waals surface area (Å²) in [6.07, 6.45) is 5.95. The van der Waals surface area contributed by atoms with E-state index in [2.05, 4.69) is 42.2 Å². The van der Waals surface area contributed by atoms with Gasteiger partial charge in [0, 0.05) is 48.6 Å². The lowest BCUT2D eigenvalue weighted by molar-refractivity contribution is 0.0139. The summed E-state index contributed by atoms with van der Waals surface area (Å²) >= 11 is 0. The van der Waals surface area contributed by atoms with Gasteiger partial charge in [0.25, 0.3) is 5.91 Å². The standard InChI is InChI=1S/C31H41N3O4/c1-20-26-11-12-27(33-30(35)22-7-9-24(10-8-22)38-19-25-6-5-17-37-25)21(2)29(26)34(4)28(20)18-32-23-13-15-31(3,36)16-14-23/h7-12,23,25,32,36H,5-6,13-19H2,1-4H3,(H,33,35)/t23?,25-,31?/m0/s1.